The first-order chi connectivity index (χ1) is 9.39. The Morgan fingerprint density at radius 2 is 2.05 bits per heavy atom. The number of nitro groups is 1. The van der Waals surface area contributed by atoms with Crippen molar-refractivity contribution in [3.8, 4) is 0 Å². The minimum absolute atomic E-state index is 0.0632. The highest BCUT2D eigenvalue weighted by Gasteiger charge is 2.31. The molecule has 1 rings (SSSR count). The molecule has 0 saturated carbocycles. The van der Waals surface area contributed by atoms with E-state index in [1.807, 2.05) is 0 Å². The lowest BCUT2D eigenvalue weighted by molar-refractivity contribution is -0.385. The maximum absolute atomic E-state index is 13.0. The number of hydrogen-bond acceptors (Lipinski definition) is 3. The van der Waals surface area contributed by atoms with Crippen LogP contribution in [-0.4, -0.2) is 28.1 Å². The summed E-state index contributed by atoms with van der Waals surface area (Å²) in [6.45, 7) is 1.78. The molecule has 1 N–H and O–H groups in total. The van der Waals surface area contributed by atoms with Crippen molar-refractivity contribution in [1.29, 1.82) is 0 Å². The van der Waals surface area contributed by atoms with Crippen LogP contribution in [-0.2, 0) is 0 Å². The Labute approximate surface area is 125 Å². The molecule has 0 aliphatic rings. The molecular weight excluding hydrogens is 310 g/mol. The standard InChI is InChI=1S/C12H13Cl2FN2O3/c1-2-12(6-13,7-14)16-11(18)9-4-3-8(15)5-10(9)17(19)20/h3-5H,2,6-7H2,1H3,(H,16,18). The summed E-state index contributed by atoms with van der Waals surface area (Å²) >= 11 is 11.6. The normalized spacial score (nSPS) is 11.2. The number of nitrogens with zero attached hydrogens (tertiary/aromatic N) is 1. The van der Waals surface area contributed by atoms with Crippen molar-refractivity contribution < 1.29 is 14.1 Å². The second-order valence-electron chi connectivity index (χ2n) is 4.27. The number of benzene rings is 1. The summed E-state index contributed by atoms with van der Waals surface area (Å²) in [7, 11) is 0. The minimum atomic E-state index is -0.859. The zero-order chi connectivity index (χ0) is 15.3. The third kappa shape index (κ3) is 3.58. The van der Waals surface area contributed by atoms with Gasteiger partial charge in [0.1, 0.15) is 11.4 Å². The van der Waals surface area contributed by atoms with E-state index in [0.29, 0.717) is 12.5 Å². The van der Waals surface area contributed by atoms with Crippen LogP contribution < -0.4 is 5.32 Å². The molecule has 110 valence electrons. The van der Waals surface area contributed by atoms with Crippen LogP contribution >= 0.6 is 23.2 Å². The first-order valence-corrected chi connectivity index (χ1v) is 6.84. The van der Waals surface area contributed by atoms with Crippen LogP contribution in [0.1, 0.15) is 23.7 Å². The first kappa shape index (κ1) is 16.7. The molecule has 0 aromatic heterocycles. The van der Waals surface area contributed by atoms with Gasteiger partial charge in [-0.15, -0.1) is 23.2 Å². The van der Waals surface area contributed by atoms with Crippen molar-refractivity contribution >= 4 is 34.8 Å². The number of hydrogen-bond donors (Lipinski definition) is 1. The van der Waals surface area contributed by atoms with E-state index >= 15 is 0 Å². The summed E-state index contributed by atoms with van der Waals surface area (Å²) in [6.07, 6.45) is 0.459. The summed E-state index contributed by atoms with van der Waals surface area (Å²) in [5.74, 6) is -1.37. The molecule has 1 amide bonds. The number of halogens is 3. The van der Waals surface area contributed by atoms with E-state index in [2.05, 4.69) is 5.32 Å². The van der Waals surface area contributed by atoms with Gasteiger partial charge in [0.2, 0.25) is 0 Å². The summed E-state index contributed by atoms with van der Waals surface area (Å²) in [4.78, 5) is 22.2. The molecule has 20 heavy (non-hydrogen) atoms. The Hall–Kier alpha value is -1.40. The summed E-state index contributed by atoms with van der Waals surface area (Å²) in [5, 5.41) is 13.4. The van der Waals surface area contributed by atoms with E-state index in [1.54, 1.807) is 6.92 Å². The first-order valence-electron chi connectivity index (χ1n) is 5.77. The molecule has 0 aliphatic carbocycles. The number of nitrogens with one attached hydrogen (secondary N) is 1. The lowest BCUT2D eigenvalue weighted by atomic mass is 10.0. The van der Waals surface area contributed by atoms with Gasteiger partial charge in [-0.3, -0.25) is 14.9 Å². The number of nitro benzene ring substituents is 1. The summed E-state index contributed by atoms with van der Waals surface area (Å²) in [6, 6.07) is 2.74. The van der Waals surface area contributed by atoms with Gasteiger partial charge in [-0.1, -0.05) is 6.92 Å². The SMILES string of the molecule is CCC(CCl)(CCl)NC(=O)c1ccc(F)cc1[N+](=O)[O-]. The van der Waals surface area contributed by atoms with Crippen LogP contribution in [0.25, 0.3) is 0 Å². The zero-order valence-corrected chi connectivity index (χ0v) is 12.2. The fourth-order valence-corrected chi connectivity index (χ4v) is 2.33. The average molecular weight is 323 g/mol. The van der Waals surface area contributed by atoms with Crippen LogP contribution in [0.4, 0.5) is 10.1 Å². The van der Waals surface area contributed by atoms with Gasteiger partial charge in [0.05, 0.1) is 16.5 Å². The van der Waals surface area contributed by atoms with E-state index in [1.165, 1.54) is 0 Å². The third-order valence-electron chi connectivity index (χ3n) is 2.97. The zero-order valence-electron chi connectivity index (χ0n) is 10.7. The maximum atomic E-state index is 13.0. The summed E-state index contributed by atoms with van der Waals surface area (Å²) < 4.78 is 13.0. The van der Waals surface area contributed by atoms with E-state index in [4.69, 9.17) is 23.2 Å². The van der Waals surface area contributed by atoms with Crippen molar-refractivity contribution in [1.82, 2.24) is 5.32 Å². The van der Waals surface area contributed by atoms with Crippen LogP contribution in [0.15, 0.2) is 18.2 Å². The molecule has 0 unspecified atom stereocenters. The Morgan fingerprint density at radius 1 is 1.45 bits per heavy atom. The van der Waals surface area contributed by atoms with Gasteiger partial charge in [0.25, 0.3) is 11.6 Å². The quantitative estimate of drug-likeness (QED) is 0.497. The van der Waals surface area contributed by atoms with Crippen LogP contribution in [0, 0.1) is 15.9 Å². The number of carbonyl (C=O) groups is 1. The molecule has 1 aromatic rings. The lowest BCUT2D eigenvalue weighted by Gasteiger charge is -2.29. The number of amides is 1. The van der Waals surface area contributed by atoms with Crippen LogP contribution in [0.5, 0.6) is 0 Å². The Bertz CT molecular complexity index is 513. The van der Waals surface area contributed by atoms with Crippen molar-refractivity contribution in [3.05, 3.63) is 39.7 Å². The predicted octanol–water partition coefficient (Wildman–Crippen LogP) is 3.09. The average Bonchev–Trinajstić information content (AvgIpc) is 2.44. The number of rotatable bonds is 6. The van der Waals surface area contributed by atoms with Gasteiger partial charge >= 0.3 is 0 Å². The minimum Gasteiger partial charge on any atom is -0.344 e. The third-order valence-corrected chi connectivity index (χ3v) is 3.99. The second-order valence-corrected chi connectivity index (χ2v) is 4.81. The molecular formula is C12H13Cl2FN2O3. The topological polar surface area (TPSA) is 72.2 Å². The summed E-state index contributed by atoms with van der Waals surface area (Å²) in [5.41, 5.74) is -1.69. The van der Waals surface area contributed by atoms with Gasteiger partial charge in [0.15, 0.2) is 0 Å². The van der Waals surface area contributed by atoms with Gasteiger partial charge in [-0.05, 0) is 18.6 Å². The second kappa shape index (κ2) is 6.85. The van der Waals surface area contributed by atoms with Crippen molar-refractivity contribution in [2.24, 2.45) is 0 Å². The lowest BCUT2D eigenvalue weighted by Crippen LogP contribution is -2.51. The molecule has 0 saturated heterocycles. The highest BCUT2D eigenvalue weighted by Crippen LogP contribution is 2.22. The number of carbonyl (C=O) groups excluding carboxylic acids is 1. The number of alkyl halides is 2. The van der Waals surface area contributed by atoms with Gasteiger partial charge in [-0.2, -0.15) is 0 Å². The van der Waals surface area contributed by atoms with E-state index in [9.17, 15) is 19.3 Å². The maximum Gasteiger partial charge on any atom is 0.285 e. The molecule has 0 heterocycles. The smallest absolute Gasteiger partial charge is 0.285 e. The molecule has 0 aliphatic heterocycles. The van der Waals surface area contributed by atoms with E-state index in [0.717, 1.165) is 12.1 Å². The molecule has 0 bridgehead atoms. The molecule has 5 nitrogen and oxygen atoms in total. The largest absolute Gasteiger partial charge is 0.344 e. The Balaban J connectivity index is 3.12. The van der Waals surface area contributed by atoms with E-state index < -0.39 is 27.9 Å². The monoisotopic (exact) mass is 322 g/mol. The van der Waals surface area contributed by atoms with Crippen molar-refractivity contribution in [2.75, 3.05) is 11.8 Å². The molecule has 0 radical (unpaired) electrons. The predicted molar refractivity (Wildman–Crippen MR) is 75.0 cm³/mol. The van der Waals surface area contributed by atoms with E-state index in [-0.39, 0.29) is 17.3 Å². The highest BCUT2D eigenvalue weighted by atomic mass is 35.5. The van der Waals surface area contributed by atoms with Crippen molar-refractivity contribution in [3.63, 3.8) is 0 Å². The molecule has 1 aromatic carbocycles. The van der Waals surface area contributed by atoms with Gasteiger partial charge in [0, 0.05) is 11.8 Å². The Morgan fingerprint density at radius 3 is 2.50 bits per heavy atom. The van der Waals surface area contributed by atoms with Gasteiger partial charge in [-0.25, -0.2) is 4.39 Å². The molecule has 0 atom stereocenters. The van der Waals surface area contributed by atoms with Crippen LogP contribution in [0.2, 0.25) is 0 Å². The van der Waals surface area contributed by atoms with Crippen molar-refractivity contribution in [2.45, 2.75) is 18.9 Å². The molecule has 0 spiro atoms. The fourth-order valence-electron chi connectivity index (χ4n) is 1.54. The fraction of sp³-hybridized carbons (Fsp3) is 0.417. The highest BCUT2D eigenvalue weighted by molar-refractivity contribution is 6.22. The Kier molecular flexibility index (Phi) is 5.71. The van der Waals surface area contributed by atoms with Gasteiger partial charge < -0.3 is 5.32 Å². The molecule has 8 heteroatoms. The van der Waals surface area contributed by atoms with Crippen LogP contribution in [0.3, 0.4) is 0 Å². The molecule has 0 fully saturated rings.